The zero-order valence-electron chi connectivity index (χ0n) is 11.2. The fraction of sp³-hybridized carbons (Fsp3) is 0.538. The SMILES string of the molecule is OC1(CNc2nccn3nc(C(F)(F)F)cc23)CCCC1. The van der Waals surface area contributed by atoms with E-state index in [1.807, 2.05) is 0 Å². The van der Waals surface area contributed by atoms with Gasteiger partial charge < -0.3 is 10.4 Å². The van der Waals surface area contributed by atoms with Gasteiger partial charge in [-0.3, -0.25) is 0 Å². The van der Waals surface area contributed by atoms with Crippen LogP contribution in [0.4, 0.5) is 19.0 Å². The molecule has 0 atom stereocenters. The standard InChI is InChI=1S/C13H15F3N4O/c14-13(15,16)10-7-9-11(17-5-6-20(9)19-10)18-8-12(21)3-1-2-4-12/h5-7,21H,1-4,8H2,(H,17,18). The lowest BCUT2D eigenvalue weighted by molar-refractivity contribution is -0.141. The number of aromatic nitrogens is 3. The number of aliphatic hydroxyl groups is 1. The van der Waals surface area contributed by atoms with Crippen molar-refractivity contribution in [1.29, 1.82) is 0 Å². The third-order valence-electron chi connectivity index (χ3n) is 3.80. The first-order valence-electron chi connectivity index (χ1n) is 6.75. The summed E-state index contributed by atoms with van der Waals surface area (Å²) in [7, 11) is 0. The molecule has 2 aromatic rings. The molecule has 0 aromatic carbocycles. The average molecular weight is 300 g/mol. The smallest absolute Gasteiger partial charge is 0.388 e. The summed E-state index contributed by atoms with van der Waals surface area (Å²) in [5.74, 6) is 0.292. The number of halogens is 3. The Morgan fingerprint density at radius 2 is 2.05 bits per heavy atom. The lowest BCUT2D eigenvalue weighted by atomic mass is 10.0. The molecule has 0 amide bonds. The molecule has 8 heteroatoms. The number of hydrogen-bond donors (Lipinski definition) is 2. The maximum atomic E-state index is 12.7. The number of hydrogen-bond acceptors (Lipinski definition) is 4. The number of alkyl halides is 3. The van der Waals surface area contributed by atoms with Crippen molar-refractivity contribution >= 4 is 11.3 Å². The van der Waals surface area contributed by atoms with Crippen LogP contribution in [0.25, 0.3) is 5.52 Å². The van der Waals surface area contributed by atoms with Gasteiger partial charge in [-0.1, -0.05) is 12.8 Å². The maximum absolute atomic E-state index is 12.7. The second-order valence-corrected chi connectivity index (χ2v) is 5.42. The highest BCUT2D eigenvalue weighted by atomic mass is 19.4. The molecule has 114 valence electrons. The van der Waals surface area contributed by atoms with Gasteiger partial charge in [0, 0.05) is 25.0 Å². The summed E-state index contributed by atoms with van der Waals surface area (Å²) >= 11 is 0. The predicted molar refractivity (Wildman–Crippen MR) is 69.9 cm³/mol. The molecule has 21 heavy (non-hydrogen) atoms. The maximum Gasteiger partial charge on any atom is 0.435 e. The van der Waals surface area contributed by atoms with Gasteiger partial charge in [-0.2, -0.15) is 18.3 Å². The highest BCUT2D eigenvalue weighted by Gasteiger charge is 2.35. The van der Waals surface area contributed by atoms with Gasteiger partial charge in [0.15, 0.2) is 11.5 Å². The quantitative estimate of drug-likeness (QED) is 0.914. The van der Waals surface area contributed by atoms with Crippen LogP contribution in [0.1, 0.15) is 31.4 Å². The van der Waals surface area contributed by atoms with Crippen LogP contribution < -0.4 is 5.32 Å². The van der Waals surface area contributed by atoms with E-state index >= 15 is 0 Å². The molecule has 1 fully saturated rings. The second-order valence-electron chi connectivity index (χ2n) is 5.42. The van der Waals surface area contributed by atoms with E-state index in [-0.39, 0.29) is 12.1 Å². The van der Waals surface area contributed by atoms with Gasteiger partial charge in [0.05, 0.1) is 5.60 Å². The Labute approximate surface area is 118 Å². The minimum atomic E-state index is -4.49. The molecule has 1 aliphatic carbocycles. The molecule has 1 aliphatic rings. The third kappa shape index (κ3) is 2.80. The topological polar surface area (TPSA) is 62.5 Å². The summed E-state index contributed by atoms with van der Waals surface area (Å²) in [4.78, 5) is 4.04. The molecule has 0 aliphatic heterocycles. The van der Waals surface area contributed by atoms with Gasteiger partial charge in [-0.25, -0.2) is 9.50 Å². The first kappa shape index (κ1) is 14.1. The summed E-state index contributed by atoms with van der Waals surface area (Å²) in [6, 6.07) is 0.952. The van der Waals surface area contributed by atoms with Gasteiger partial charge in [-0.15, -0.1) is 0 Å². The molecule has 5 nitrogen and oxygen atoms in total. The number of fused-ring (bicyclic) bond motifs is 1. The Bertz CT molecular complexity index is 646. The van der Waals surface area contributed by atoms with Gasteiger partial charge in [0.2, 0.25) is 0 Å². The molecular formula is C13H15F3N4O. The summed E-state index contributed by atoms with van der Waals surface area (Å²) in [5, 5.41) is 16.7. The fourth-order valence-corrected chi connectivity index (χ4v) is 2.65. The molecule has 2 N–H and O–H groups in total. The Morgan fingerprint density at radius 3 is 2.71 bits per heavy atom. The van der Waals surface area contributed by atoms with Crippen molar-refractivity contribution in [2.24, 2.45) is 0 Å². The van der Waals surface area contributed by atoms with Gasteiger partial charge in [0.1, 0.15) is 5.52 Å². The molecular weight excluding hydrogens is 285 g/mol. The molecule has 0 bridgehead atoms. The van der Waals surface area contributed by atoms with Crippen LogP contribution >= 0.6 is 0 Å². The van der Waals surface area contributed by atoms with Crippen molar-refractivity contribution in [3.63, 3.8) is 0 Å². The van der Waals surface area contributed by atoms with E-state index in [4.69, 9.17) is 0 Å². The highest BCUT2D eigenvalue weighted by Crippen LogP contribution is 2.32. The predicted octanol–water partition coefficient (Wildman–Crippen LogP) is 2.47. The van der Waals surface area contributed by atoms with Crippen LogP contribution in [0, 0.1) is 0 Å². The van der Waals surface area contributed by atoms with Crippen molar-refractivity contribution in [2.45, 2.75) is 37.5 Å². The van der Waals surface area contributed by atoms with E-state index in [1.54, 1.807) is 0 Å². The largest absolute Gasteiger partial charge is 0.435 e. The molecule has 0 saturated heterocycles. The normalized spacial score (nSPS) is 18.3. The van der Waals surface area contributed by atoms with E-state index in [9.17, 15) is 18.3 Å². The average Bonchev–Trinajstić information content (AvgIpc) is 3.02. The minimum Gasteiger partial charge on any atom is -0.388 e. The summed E-state index contributed by atoms with van der Waals surface area (Å²) in [6.45, 7) is 0.270. The lowest BCUT2D eigenvalue weighted by Crippen LogP contribution is -2.33. The van der Waals surface area contributed by atoms with Crippen LogP contribution in [0.3, 0.4) is 0 Å². The van der Waals surface area contributed by atoms with Crippen LogP contribution in [0.15, 0.2) is 18.5 Å². The molecule has 0 unspecified atom stereocenters. The van der Waals surface area contributed by atoms with E-state index in [0.717, 1.165) is 23.4 Å². The number of nitrogens with one attached hydrogen (secondary N) is 1. The number of nitrogens with zero attached hydrogens (tertiary/aromatic N) is 3. The van der Waals surface area contributed by atoms with Gasteiger partial charge in [-0.05, 0) is 12.8 Å². The Balaban J connectivity index is 1.86. The Morgan fingerprint density at radius 1 is 1.33 bits per heavy atom. The molecule has 2 aromatic heterocycles. The molecule has 1 saturated carbocycles. The van der Waals surface area contributed by atoms with Crippen molar-refractivity contribution in [3.05, 3.63) is 24.2 Å². The van der Waals surface area contributed by atoms with E-state index < -0.39 is 17.5 Å². The number of anilines is 1. The van der Waals surface area contributed by atoms with Crippen LogP contribution in [0.5, 0.6) is 0 Å². The summed E-state index contributed by atoms with van der Waals surface area (Å²) in [6.07, 6.45) is 1.54. The third-order valence-corrected chi connectivity index (χ3v) is 3.80. The lowest BCUT2D eigenvalue weighted by Gasteiger charge is -2.22. The first-order valence-corrected chi connectivity index (χ1v) is 6.75. The molecule has 2 heterocycles. The van der Waals surface area contributed by atoms with Crippen molar-refractivity contribution in [3.8, 4) is 0 Å². The second kappa shape index (κ2) is 4.87. The van der Waals surface area contributed by atoms with Crippen LogP contribution in [-0.4, -0.2) is 31.9 Å². The van der Waals surface area contributed by atoms with E-state index in [2.05, 4.69) is 15.4 Å². The van der Waals surface area contributed by atoms with Crippen LogP contribution in [-0.2, 0) is 6.18 Å². The molecule has 0 spiro atoms. The van der Waals surface area contributed by atoms with E-state index in [0.29, 0.717) is 18.7 Å². The zero-order chi connectivity index (χ0) is 15.1. The minimum absolute atomic E-state index is 0.242. The zero-order valence-corrected chi connectivity index (χ0v) is 11.2. The van der Waals surface area contributed by atoms with Gasteiger partial charge in [0.25, 0.3) is 0 Å². The monoisotopic (exact) mass is 300 g/mol. The van der Waals surface area contributed by atoms with Crippen molar-refractivity contribution in [1.82, 2.24) is 14.6 Å². The highest BCUT2D eigenvalue weighted by molar-refractivity contribution is 5.68. The van der Waals surface area contributed by atoms with Crippen molar-refractivity contribution < 1.29 is 18.3 Å². The molecule has 3 rings (SSSR count). The molecule has 0 radical (unpaired) electrons. The van der Waals surface area contributed by atoms with Crippen LogP contribution in [0.2, 0.25) is 0 Å². The van der Waals surface area contributed by atoms with Crippen molar-refractivity contribution in [2.75, 3.05) is 11.9 Å². The Hall–Kier alpha value is -1.83. The first-order chi connectivity index (χ1) is 9.87. The number of rotatable bonds is 3. The summed E-state index contributed by atoms with van der Waals surface area (Å²) < 4.78 is 39.2. The summed E-state index contributed by atoms with van der Waals surface area (Å²) in [5.41, 5.74) is -1.52. The van der Waals surface area contributed by atoms with Gasteiger partial charge >= 0.3 is 6.18 Å². The fourth-order valence-electron chi connectivity index (χ4n) is 2.65. The van der Waals surface area contributed by atoms with E-state index in [1.165, 1.54) is 12.4 Å². The Kier molecular flexibility index (Phi) is 3.27.